The first-order valence-corrected chi connectivity index (χ1v) is 8.40. The highest BCUT2D eigenvalue weighted by molar-refractivity contribution is 5.76. The molecule has 0 aromatic carbocycles. The van der Waals surface area contributed by atoms with Crippen molar-refractivity contribution >= 4 is 5.97 Å². The zero-order valence-corrected chi connectivity index (χ0v) is 16.0. The highest BCUT2D eigenvalue weighted by atomic mass is 16.5. The van der Waals surface area contributed by atoms with Crippen LogP contribution in [0.1, 0.15) is 67.7 Å². The molecule has 4 nitrogen and oxygen atoms in total. The van der Waals surface area contributed by atoms with Crippen LogP contribution in [0, 0.1) is 5.41 Å². The number of likely N-dealkylation sites (tertiary alicyclic amines) is 1. The minimum absolute atomic E-state index is 0.00971. The largest absolute Gasteiger partial charge is 0.461 e. The lowest BCUT2D eigenvalue weighted by molar-refractivity contribution is -0.162. The molecule has 0 aromatic heterocycles. The number of likely N-dealkylation sites (N-methyl/N-ethyl adjacent to an activating group) is 1. The molecule has 0 radical (unpaired) electrons. The molecule has 4 heteroatoms. The van der Waals surface area contributed by atoms with Gasteiger partial charge in [0.15, 0.2) is 0 Å². The summed E-state index contributed by atoms with van der Waals surface area (Å²) >= 11 is 0. The fraction of sp³-hybridized carbons (Fsp3) is 0.944. The fourth-order valence-electron chi connectivity index (χ4n) is 3.53. The van der Waals surface area contributed by atoms with Gasteiger partial charge in [0.2, 0.25) is 0 Å². The summed E-state index contributed by atoms with van der Waals surface area (Å²) in [6, 6.07) is -0.231. The second-order valence-electron chi connectivity index (χ2n) is 9.26. The van der Waals surface area contributed by atoms with E-state index in [1.165, 1.54) is 0 Å². The van der Waals surface area contributed by atoms with E-state index in [0.717, 1.165) is 19.3 Å². The molecule has 1 aliphatic heterocycles. The number of piperidine rings is 1. The van der Waals surface area contributed by atoms with Crippen LogP contribution in [0.4, 0.5) is 0 Å². The zero-order chi connectivity index (χ0) is 17.3. The Morgan fingerprint density at radius 2 is 1.68 bits per heavy atom. The van der Waals surface area contributed by atoms with Gasteiger partial charge < -0.3 is 10.1 Å². The molecule has 0 aliphatic carbocycles. The smallest absolute Gasteiger partial charge is 0.323 e. The average Bonchev–Trinajstić information content (AvgIpc) is 2.31. The maximum absolute atomic E-state index is 12.5. The van der Waals surface area contributed by atoms with Gasteiger partial charge in [0.05, 0.1) is 0 Å². The molecule has 1 atom stereocenters. The third-order valence-electron chi connectivity index (χ3n) is 5.00. The van der Waals surface area contributed by atoms with Crippen molar-refractivity contribution in [2.75, 3.05) is 14.1 Å². The van der Waals surface area contributed by atoms with Crippen LogP contribution in [0.25, 0.3) is 0 Å². The highest BCUT2D eigenvalue weighted by Gasteiger charge is 2.44. The van der Waals surface area contributed by atoms with Gasteiger partial charge in [0, 0.05) is 23.9 Å². The third-order valence-corrected chi connectivity index (χ3v) is 5.00. The summed E-state index contributed by atoms with van der Waals surface area (Å²) in [4.78, 5) is 14.9. The number of hydrogen-bond donors (Lipinski definition) is 1. The fourth-order valence-corrected chi connectivity index (χ4v) is 3.53. The molecule has 1 rings (SSSR count). The summed E-state index contributed by atoms with van der Waals surface area (Å²) in [5.41, 5.74) is 0.162. The Morgan fingerprint density at radius 3 is 2.05 bits per heavy atom. The van der Waals surface area contributed by atoms with Crippen molar-refractivity contribution in [3.63, 3.8) is 0 Å². The number of rotatable bonds is 4. The monoisotopic (exact) mass is 312 g/mol. The Morgan fingerprint density at radius 1 is 1.23 bits per heavy atom. The lowest BCUT2D eigenvalue weighted by Gasteiger charge is -2.53. The zero-order valence-electron chi connectivity index (χ0n) is 16.0. The van der Waals surface area contributed by atoms with Crippen molar-refractivity contribution in [1.29, 1.82) is 0 Å². The summed E-state index contributed by atoms with van der Waals surface area (Å²) < 4.78 is 5.88. The van der Waals surface area contributed by atoms with Gasteiger partial charge in [-0.05, 0) is 53.6 Å². The topological polar surface area (TPSA) is 41.6 Å². The molecule has 1 unspecified atom stereocenters. The van der Waals surface area contributed by atoms with Crippen molar-refractivity contribution in [2.45, 2.75) is 91.0 Å². The van der Waals surface area contributed by atoms with Gasteiger partial charge in [-0.25, -0.2) is 0 Å². The van der Waals surface area contributed by atoms with E-state index in [-0.39, 0.29) is 34.6 Å². The molecule has 1 heterocycles. The van der Waals surface area contributed by atoms with Crippen molar-refractivity contribution in [1.82, 2.24) is 10.2 Å². The Balaban J connectivity index is 2.75. The maximum Gasteiger partial charge on any atom is 0.323 e. The molecule has 0 amide bonds. The maximum atomic E-state index is 12.5. The normalized spacial score (nSPS) is 24.0. The van der Waals surface area contributed by atoms with Crippen LogP contribution in [-0.2, 0) is 9.53 Å². The molecular formula is C18H36N2O2. The second kappa shape index (κ2) is 6.48. The molecule has 130 valence electrons. The molecule has 1 N–H and O–H groups in total. The average molecular weight is 312 g/mol. The summed E-state index contributed by atoms with van der Waals surface area (Å²) in [6.45, 7) is 15.3. The number of carbonyl (C=O) groups is 1. The lowest BCUT2D eigenvalue weighted by Crippen LogP contribution is -2.60. The Kier molecular flexibility index (Phi) is 5.73. The van der Waals surface area contributed by atoms with Gasteiger partial charge in [0.1, 0.15) is 12.1 Å². The van der Waals surface area contributed by atoms with E-state index in [9.17, 15) is 4.79 Å². The first kappa shape index (κ1) is 19.4. The van der Waals surface area contributed by atoms with E-state index in [1.807, 2.05) is 7.05 Å². The van der Waals surface area contributed by atoms with Crippen LogP contribution < -0.4 is 5.32 Å². The standard InChI is InChI=1S/C18H36N2O2/c1-16(2,3)12-14(19-8)15(21)22-13-10-17(4,5)20(9)18(6,7)11-13/h13-14,19H,10-12H2,1-9H3. The molecule has 0 bridgehead atoms. The van der Waals surface area contributed by atoms with E-state index in [0.29, 0.717) is 0 Å². The van der Waals surface area contributed by atoms with Gasteiger partial charge >= 0.3 is 5.97 Å². The summed E-state index contributed by atoms with van der Waals surface area (Å²) in [5, 5.41) is 3.11. The number of esters is 1. The number of ether oxygens (including phenoxy) is 1. The molecular weight excluding hydrogens is 276 g/mol. The van der Waals surface area contributed by atoms with Crippen molar-refractivity contribution in [2.24, 2.45) is 5.41 Å². The summed E-state index contributed by atoms with van der Waals surface area (Å²) in [6.07, 6.45) is 2.53. The lowest BCUT2D eigenvalue weighted by atomic mass is 9.78. The first-order chi connectivity index (χ1) is 9.78. The molecule has 1 saturated heterocycles. The van der Waals surface area contributed by atoms with Gasteiger partial charge in [-0.15, -0.1) is 0 Å². The number of nitrogens with one attached hydrogen (secondary N) is 1. The van der Waals surface area contributed by atoms with Gasteiger partial charge in [-0.1, -0.05) is 20.8 Å². The third kappa shape index (κ3) is 4.95. The van der Waals surface area contributed by atoms with Gasteiger partial charge in [-0.2, -0.15) is 0 Å². The predicted molar refractivity (Wildman–Crippen MR) is 92.0 cm³/mol. The molecule has 0 saturated carbocycles. The SMILES string of the molecule is CNC(CC(C)(C)C)C(=O)OC1CC(C)(C)N(C)C(C)(C)C1. The molecule has 1 fully saturated rings. The molecule has 0 spiro atoms. The van der Waals surface area contributed by atoms with Crippen molar-refractivity contribution in [3.05, 3.63) is 0 Å². The minimum Gasteiger partial charge on any atom is -0.461 e. The summed E-state index contributed by atoms with van der Waals surface area (Å²) in [7, 11) is 3.99. The van der Waals surface area contributed by atoms with Gasteiger partial charge in [0.25, 0.3) is 0 Å². The number of hydrogen-bond acceptors (Lipinski definition) is 4. The van der Waals surface area contributed by atoms with Gasteiger partial charge in [-0.3, -0.25) is 9.69 Å². The molecule has 0 aromatic rings. The highest BCUT2D eigenvalue weighted by Crippen LogP contribution is 2.38. The minimum atomic E-state index is -0.231. The van der Waals surface area contributed by atoms with E-state index in [4.69, 9.17) is 4.74 Å². The Labute approximate surface area is 137 Å². The quantitative estimate of drug-likeness (QED) is 0.809. The van der Waals surface area contributed by atoms with E-state index in [2.05, 4.69) is 65.7 Å². The van der Waals surface area contributed by atoms with Crippen LogP contribution in [0.3, 0.4) is 0 Å². The molecule has 22 heavy (non-hydrogen) atoms. The van der Waals surface area contributed by atoms with Crippen LogP contribution in [0.2, 0.25) is 0 Å². The van der Waals surface area contributed by atoms with Crippen molar-refractivity contribution < 1.29 is 9.53 Å². The van der Waals surface area contributed by atoms with Crippen LogP contribution in [0.15, 0.2) is 0 Å². The van der Waals surface area contributed by atoms with Crippen LogP contribution in [0.5, 0.6) is 0 Å². The Bertz CT molecular complexity index is 378. The number of carbonyl (C=O) groups excluding carboxylic acids is 1. The van der Waals surface area contributed by atoms with E-state index >= 15 is 0 Å². The van der Waals surface area contributed by atoms with E-state index < -0.39 is 0 Å². The van der Waals surface area contributed by atoms with Crippen LogP contribution >= 0.6 is 0 Å². The van der Waals surface area contributed by atoms with E-state index in [1.54, 1.807) is 0 Å². The van der Waals surface area contributed by atoms with Crippen molar-refractivity contribution in [3.8, 4) is 0 Å². The Hall–Kier alpha value is -0.610. The first-order valence-electron chi connectivity index (χ1n) is 8.40. The van der Waals surface area contributed by atoms with Crippen LogP contribution in [-0.4, -0.2) is 48.2 Å². The second-order valence-corrected chi connectivity index (χ2v) is 9.26. The predicted octanol–water partition coefficient (Wildman–Crippen LogP) is 3.21. The summed E-state index contributed by atoms with van der Waals surface area (Å²) in [5.74, 6) is -0.112. The molecule has 1 aliphatic rings. The number of nitrogens with zero attached hydrogens (tertiary/aromatic N) is 1.